The van der Waals surface area contributed by atoms with Crippen molar-refractivity contribution in [3.05, 3.63) is 11.2 Å². The fourth-order valence-electron chi connectivity index (χ4n) is 1.93. The molecule has 0 saturated carbocycles. The second-order valence-electron chi connectivity index (χ2n) is 4.31. The van der Waals surface area contributed by atoms with Gasteiger partial charge in [0.25, 0.3) is 10.0 Å². The molecule has 1 aromatic rings. The molecule has 1 aliphatic heterocycles. The van der Waals surface area contributed by atoms with Crippen LogP contribution in [0.1, 0.15) is 24.8 Å². The number of aromatic nitrogens is 1. The largest absolute Gasteiger partial charge is 0.313 e. The van der Waals surface area contributed by atoms with Gasteiger partial charge in [-0.1, -0.05) is 0 Å². The molecule has 1 saturated heterocycles. The van der Waals surface area contributed by atoms with E-state index in [1.807, 2.05) is 6.92 Å². The maximum absolute atomic E-state index is 12.1. The highest BCUT2D eigenvalue weighted by atomic mass is 32.2. The van der Waals surface area contributed by atoms with E-state index in [9.17, 15) is 8.42 Å². The first-order valence-corrected chi connectivity index (χ1v) is 7.97. The number of hydrogen-bond acceptors (Lipinski definition) is 5. The zero-order chi connectivity index (χ0) is 12.5. The third-order valence-electron chi connectivity index (χ3n) is 2.93. The van der Waals surface area contributed by atoms with E-state index in [0.717, 1.165) is 24.4 Å². The summed E-state index contributed by atoms with van der Waals surface area (Å²) < 4.78 is 27.2. The Morgan fingerprint density at radius 1 is 1.59 bits per heavy atom. The van der Waals surface area contributed by atoms with Crippen LogP contribution in [-0.2, 0) is 10.0 Å². The molecule has 17 heavy (non-hydrogen) atoms. The molecule has 0 bridgehead atoms. The summed E-state index contributed by atoms with van der Waals surface area (Å²) in [6, 6.07) is 0.142. The van der Waals surface area contributed by atoms with Gasteiger partial charge < -0.3 is 5.32 Å². The summed E-state index contributed by atoms with van der Waals surface area (Å²) in [6.45, 7) is 4.76. The lowest BCUT2D eigenvalue weighted by Crippen LogP contribution is -2.51. The first-order chi connectivity index (χ1) is 7.99. The lowest BCUT2D eigenvalue weighted by atomic mass is 10.0. The first-order valence-electron chi connectivity index (χ1n) is 5.67. The van der Waals surface area contributed by atoms with Crippen LogP contribution in [0.3, 0.4) is 0 Å². The Kier molecular flexibility index (Phi) is 3.82. The second-order valence-corrected chi connectivity index (χ2v) is 7.49. The highest BCUT2D eigenvalue weighted by molar-refractivity contribution is 7.91. The summed E-state index contributed by atoms with van der Waals surface area (Å²) >= 11 is 1.20. The van der Waals surface area contributed by atoms with Gasteiger partial charge in [0.1, 0.15) is 0 Å². The van der Waals surface area contributed by atoms with Crippen molar-refractivity contribution < 1.29 is 8.42 Å². The average Bonchev–Trinajstić information content (AvgIpc) is 2.69. The molecule has 0 aromatic carbocycles. The van der Waals surface area contributed by atoms with E-state index in [4.69, 9.17) is 0 Å². The molecule has 96 valence electrons. The molecule has 2 unspecified atom stereocenters. The van der Waals surface area contributed by atoms with Crippen LogP contribution in [0.15, 0.2) is 10.4 Å². The zero-order valence-corrected chi connectivity index (χ0v) is 11.6. The third kappa shape index (κ3) is 3.04. The smallest absolute Gasteiger partial charge is 0.251 e. The molecule has 1 aromatic heterocycles. The number of aryl methyl sites for hydroxylation is 1. The lowest BCUT2D eigenvalue weighted by molar-refractivity contribution is 0.349. The van der Waals surface area contributed by atoms with E-state index in [0.29, 0.717) is 4.21 Å². The maximum Gasteiger partial charge on any atom is 0.251 e. The Morgan fingerprint density at radius 2 is 2.35 bits per heavy atom. The highest BCUT2D eigenvalue weighted by Crippen LogP contribution is 2.19. The number of nitrogens with one attached hydrogen (secondary N) is 2. The number of rotatable bonds is 3. The van der Waals surface area contributed by atoms with Gasteiger partial charge in [-0.3, -0.25) is 0 Å². The van der Waals surface area contributed by atoms with Crippen LogP contribution in [0.2, 0.25) is 0 Å². The van der Waals surface area contributed by atoms with Gasteiger partial charge >= 0.3 is 0 Å². The Balaban J connectivity index is 2.11. The normalized spacial score (nSPS) is 26.0. The molecule has 2 heterocycles. The number of sulfonamides is 1. The fourth-order valence-corrected chi connectivity index (χ4v) is 4.40. The monoisotopic (exact) mass is 275 g/mol. The number of thiazole rings is 1. The van der Waals surface area contributed by atoms with E-state index in [-0.39, 0.29) is 12.1 Å². The summed E-state index contributed by atoms with van der Waals surface area (Å²) in [6.07, 6.45) is 3.30. The van der Waals surface area contributed by atoms with Gasteiger partial charge in [0.15, 0.2) is 4.21 Å². The standard InChI is InChI=1S/C10H17N3O2S2/c1-7-9(4-3-5-11-7)13-17(14,15)10-6-12-8(2)16-10/h6-7,9,11,13H,3-5H2,1-2H3. The van der Waals surface area contributed by atoms with Crippen molar-refractivity contribution in [1.82, 2.24) is 15.0 Å². The molecule has 5 nitrogen and oxygen atoms in total. The Hall–Kier alpha value is -0.500. The third-order valence-corrected chi connectivity index (χ3v) is 5.80. The summed E-state index contributed by atoms with van der Waals surface area (Å²) in [5.41, 5.74) is 0. The minimum atomic E-state index is -3.41. The topological polar surface area (TPSA) is 71.1 Å². The van der Waals surface area contributed by atoms with Crippen LogP contribution in [0, 0.1) is 6.92 Å². The van der Waals surface area contributed by atoms with Gasteiger partial charge in [0.05, 0.1) is 11.2 Å². The van der Waals surface area contributed by atoms with Gasteiger partial charge in [0, 0.05) is 12.1 Å². The van der Waals surface area contributed by atoms with Crippen LogP contribution in [0.4, 0.5) is 0 Å². The summed E-state index contributed by atoms with van der Waals surface area (Å²) in [7, 11) is -3.41. The molecule has 0 radical (unpaired) electrons. The average molecular weight is 275 g/mol. The van der Waals surface area contributed by atoms with Crippen molar-refractivity contribution in [2.45, 2.75) is 43.0 Å². The van der Waals surface area contributed by atoms with Crippen molar-refractivity contribution in [2.24, 2.45) is 0 Å². The molecular formula is C10H17N3O2S2. The minimum absolute atomic E-state index is 0.0313. The molecular weight excluding hydrogens is 258 g/mol. The Bertz CT molecular complexity index is 483. The molecule has 0 spiro atoms. The maximum atomic E-state index is 12.1. The van der Waals surface area contributed by atoms with Gasteiger partial charge in [-0.15, -0.1) is 11.3 Å². The summed E-state index contributed by atoms with van der Waals surface area (Å²) in [4.78, 5) is 3.98. The highest BCUT2D eigenvalue weighted by Gasteiger charge is 2.27. The van der Waals surface area contributed by atoms with Crippen LogP contribution in [0.25, 0.3) is 0 Å². The molecule has 2 atom stereocenters. The second kappa shape index (κ2) is 5.01. The molecule has 1 fully saturated rings. The van der Waals surface area contributed by atoms with Crippen LogP contribution in [0.5, 0.6) is 0 Å². The number of nitrogens with zero attached hydrogens (tertiary/aromatic N) is 1. The van der Waals surface area contributed by atoms with Gasteiger partial charge in [0.2, 0.25) is 0 Å². The summed E-state index contributed by atoms with van der Waals surface area (Å²) in [5, 5.41) is 4.04. The van der Waals surface area contributed by atoms with Crippen molar-refractivity contribution >= 4 is 21.4 Å². The van der Waals surface area contributed by atoms with Crippen molar-refractivity contribution in [3.63, 3.8) is 0 Å². The number of piperidine rings is 1. The van der Waals surface area contributed by atoms with Crippen LogP contribution < -0.4 is 10.0 Å². The van der Waals surface area contributed by atoms with Gasteiger partial charge in [-0.2, -0.15) is 0 Å². The Morgan fingerprint density at radius 3 is 2.94 bits per heavy atom. The Labute approximate surface area is 106 Å². The minimum Gasteiger partial charge on any atom is -0.313 e. The van der Waals surface area contributed by atoms with E-state index >= 15 is 0 Å². The molecule has 2 N–H and O–H groups in total. The first kappa shape index (κ1) is 12.9. The molecule has 0 aliphatic carbocycles. The van der Waals surface area contributed by atoms with E-state index < -0.39 is 10.0 Å². The zero-order valence-electron chi connectivity index (χ0n) is 9.93. The summed E-state index contributed by atoms with van der Waals surface area (Å²) in [5.74, 6) is 0. The predicted octanol–water partition coefficient (Wildman–Crippen LogP) is 0.870. The molecule has 7 heteroatoms. The van der Waals surface area contributed by atoms with E-state index in [1.165, 1.54) is 17.5 Å². The SMILES string of the molecule is Cc1ncc(S(=O)(=O)NC2CCCNC2C)s1. The fraction of sp³-hybridized carbons (Fsp3) is 0.700. The predicted molar refractivity (Wildman–Crippen MR) is 67.7 cm³/mol. The van der Waals surface area contributed by atoms with Crippen LogP contribution >= 0.6 is 11.3 Å². The molecule has 1 aliphatic rings. The van der Waals surface area contributed by atoms with Crippen LogP contribution in [-0.4, -0.2) is 32.0 Å². The van der Waals surface area contributed by atoms with Gasteiger partial charge in [-0.25, -0.2) is 18.1 Å². The molecule has 2 rings (SSSR count). The van der Waals surface area contributed by atoms with Crippen molar-refractivity contribution in [2.75, 3.05) is 6.54 Å². The molecule has 0 amide bonds. The van der Waals surface area contributed by atoms with Crippen molar-refractivity contribution in [1.29, 1.82) is 0 Å². The van der Waals surface area contributed by atoms with Gasteiger partial charge in [-0.05, 0) is 33.2 Å². The van der Waals surface area contributed by atoms with E-state index in [2.05, 4.69) is 15.0 Å². The van der Waals surface area contributed by atoms with E-state index in [1.54, 1.807) is 6.92 Å². The quantitative estimate of drug-likeness (QED) is 0.858. The number of hydrogen-bond donors (Lipinski definition) is 2. The van der Waals surface area contributed by atoms with Crippen molar-refractivity contribution in [3.8, 4) is 0 Å². The lowest BCUT2D eigenvalue weighted by Gasteiger charge is -2.30.